The molecule has 0 bridgehead atoms. The average Bonchev–Trinajstić information content (AvgIpc) is 2.81. The van der Waals surface area contributed by atoms with E-state index >= 15 is 0 Å². The molecule has 0 saturated carbocycles. The number of aliphatic hydroxyl groups excluding tert-OH is 2. The van der Waals surface area contributed by atoms with E-state index in [2.05, 4.69) is 37.3 Å². The lowest BCUT2D eigenvalue weighted by molar-refractivity contribution is 0.173. The lowest BCUT2D eigenvalue weighted by Gasteiger charge is -2.05. The fraction of sp³-hybridized carbons (Fsp3) is 0.333. The summed E-state index contributed by atoms with van der Waals surface area (Å²) in [7, 11) is 0. The Hall–Kier alpha value is -2.42. The Labute approximate surface area is 176 Å². The molecule has 3 aromatic carbocycles. The van der Waals surface area contributed by atoms with Crippen molar-refractivity contribution in [2.75, 3.05) is 0 Å². The molecule has 0 aliphatic heterocycles. The predicted molar refractivity (Wildman–Crippen MR) is 124 cm³/mol. The van der Waals surface area contributed by atoms with E-state index < -0.39 is 0 Å². The number of aryl methyl sites for hydroxylation is 1. The normalized spacial score (nSPS) is 11.9. The fourth-order valence-electron chi connectivity index (χ4n) is 2.76. The summed E-state index contributed by atoms with van der Waals surface area (Å²) in [6, 6.07) is 30.0. The van der Waals surface area contributed by atoms with Crippen LogP contribution in [0, 0.1) is 0 Å². The number of aliphatic hydroxyl groups is 2. The molecule has 2 N–H and O–H groups in total. The van der Waals surface area contributed by atoms with Gasteiger partial charge in [0, 0.05) is 0 Å². The topological polar surface area (TPSA) is 40.5 Å². The Bertz CT molecular complexity index is 681. The molecule has 0 saturated heterocycles. The van der Waals surface area contributed by atoms with Gasteiger partial charge in [-0.25, -0.2) is 0 Å². The summed E-state index contributed by atoms with van der Waals surface area (Å²) >= 11 is 0. The molecule has 2 nitrogen and oxygen atoms in total. The van der Waals surface area contributed by atoms with Gasteiger partial charge < -0.3 is 10.2 Å². The van der Waals surface area contributed by atoms with Gasteiger partial charge in [-0.2, -0.15) is 0 Å². The first-order valence-corrected chi connectivity index (χ1v) is 10.6. The Morgan fingerprint density at radius 2 is 0.897 bits per heavy atom. The van der Waals surface area contributed by atoms with Gasteiger partial charge in [-0.1, -0.05) is 118 Å². The number of benzene rings is 3. The molecule has 0 amide bonds. The Balaban J connectivity index is 0.000000218. The molecule has 0 aromatic heterocycles. The molecule has 0 radical (unpaired) electrons. The minimum Gasteiger partial charge on any atom is -0.388 e. The minimum atomic E-state index is -0.291. The maximum Gasteiger partial charge on any atom is 0.0787 e. The average molecular weight is 393 g/mol. The van der Waals surface area contributed by atoms with Gasteiger partial charge in [0.05, 0.1) is 12.2 Å². The first kappa shape index (κ1) is 24.6. The summed E-state index contributed by atoms with van der Waals surface area (Å²) in [5.74, 6) is 0. The molecule has 156 valence electrons. The highest BCUT2D eigenvalue weighted by atomic mass is 16.3. The van der Waals surface area contributed by atoms with E-state index in [4.69, 9.17) is 0 Å². The van der Waals surface area contributed by atoms with Crippen LogP contribution in [-0.2, 0) is 6.42 Å². The molecule has 3 rings (SSSR count). The second kappa shape index (κ2) is 15.5. The van der Waals surface area contributed by atoms with Crippen LogP contribution in [-0.4, -0.2) is 10.2 Å². The van der Waals surface area contributed by atoms with E-state index in [1.54, 1.807) is 0 Å². The Morgan fingerprint density at radius 3 is 1.21 bits per heavy atom. The van der Waals surface area contributed by atoms with E-state index in [1.165, 1.54) is 18.4 Å². The van der Waals surface area contributed by atoms with E-state index in [9.17, 15) is 10.2 Å². The third kappa shape index (κ3) is 10.6. The maximum atomic E-state index is 9.33. The van der Waals surface area contributed by atoms with Crippen molar-refractivity contribution in [1.82, 2.24) is 0 Å². The molecule has 0 aliphatic carbocycles. The largest absolute Gasteiger partial charge is 0.388 e. The molecular formula is C27H36O2. The van der Waals surface area contributed by atoms with Crippen molar-refractivity contribution >= 4 is 0 Å². The molecule has 29 heavy (non-hydrogen) atoms. The van der Waals surface area contributed by atoms with Gasteiger partial charge in [-0.05, 0) is 36.0 Å². The maximum absolute atomic E-state index is 9.33. The van der Waals surface area contributed by atoms with Crippen LogP contribution in [0.5, 0.6) is 0 Å². The highest BCUT2D eigenvalue weighted by Crippen LogP contribution is 2.15. The van der Waals surface area contributed by atoms with Gasteiger partial charge >= 0.3 is 0 Å². The standard InChI is InChI=1S/2C9H12O.C9H12/c2*1-2-9(10)8-6-4-3-5-7-8;1-2-6-9-7-4-3-5-8-9/h2*3-7,9-10H,2H2,1H3;3-5,7-8H,2,6H2,1H3. The van der Waals surface area contributed by atoms with Crippen molar-refractivity contribution in [3.05, 3.63) is 108 Å². The van der Waals surface area contributed by atoms with Crippen molar-refractivity contribution < 1.29 is 10.2 Å². The van der Waals surface area contributed by atoms with E-state index in [-0.39, 0.29) is 12.2 Å². The van der Waals surface area contributed by atoms with Gasteiger partial charge in [-0.3, -0.25) is 0 Å². The third-order valence-corrected chi connectivity index (χ3v) is 4.52. The second-order valence-electron chi connectivity index (χ2n) is 6.91. The number of hydrogen-bond acceptors (Lipinski definition) is 2. The summed E-state index contributed by atoms with van der Waals surface area (Å²) in [4.78, 5) is 0. The van der Waals surface area contributed by atoms with Crippen LogP contribution in [0.15, 0.2) is 91.0 Å². The van der Waals surface area contributed by atoms with Crippen molar-refractivity contribution in [1.29, 1.82) is 0 Å². The SMILES string of the molecule is CCC(O)c1ccccc1.CCC(O)c1ccccc1.CCCc1ccccc1. The number of hydrogen-bond donors (Lipinski definition) is 2. The summed E-state index contributed by atoms with van der Waals surface area (Å²) in [5, 5.41) is 18.7. The van der Waals surface area contributed by atoms with Gasteiger partial charge in [0.1, 0.15) is 0 Å². The fourth-order valence-corrected chi connectivity index (χ4v) is 2.76. The van der Waals surface area contributed by atoms with Crippen molar-refractivity contribution in [2.24, 2.45) is 0 Å². The van der Waals surface area contributed by atoms with Gasteiger partial charge in [0.15, 0.2) is 0 Å². The van der Waals surface area contributed by atoms with Crippen LogP contribution in [0.25, 0.3) is 0 Å². The van der Waals surface area contributed by atoms with Gasteiger partial charge in [0.25, 0.3) is 0 Å². The predicted octanol–water partition coefficient (Wildman–Crippen LogP) is 6.90. The highest BCUT2D eigenvalue weighted by molar-refractivity contribution is 5.17. The first-order chi connectivity index (χ1) is 14.1. The van der Waals surface area contributed by atoms with Gasteiger partial charge in [0.2, 0.25) is 0 Å². The zero-order valence-electron chi connectivity index (χ0n) is 18.0. The molecule has 0 fully saturated rings. The lowest BCUT2D eigenvalue weighted by atomic mass is 10.1. The molecule has 3 aromatic rings. The van der Waals surface area contributed by atoms with Crippen LogP contribution < -0.4 is 0 Å². The summed E-state index contributed by atoms with van der Waals surface area (Å²) in [6.45, 7) is 6.14. The monoisotopic (exact) mass is 392 g/mol. The lowest BCUT2D eigenvalue weighted by Crippen LogP contribution is -1.93. The van der Waals surface area contributed by atoms with Crippen molar-refractivity contribution in [3.8, 4) is 0 Å². The zero-order chi connectivity index (χ0) is 21.3. The first-order valence-electron chi connectivity index (χ1n) is 10.6. The summed E-state index contributed by atoms with van der Waals surface area (Å²) in [6.07, 6.45) is 3.43. The highest BCUT2D eigenvalue weighted by Gasteiger charge is 2.01. The summed E-state index contributed by atoms with van der Waals surface area (Å²) in [5.41, 5.74) is 3.45. The van der Waals surface area contributed by atoms with Crippen LogP contribution in [0.3, 0.4) is 0 Å². The quantitative estimate of drug-likeness (QED) is 0.479. The van der Waals surface area contributed by atoms with E-state index in [0.717, 1.165) is 24.0 Å². The second-order valence-corrected chi connectivity index (χ2v) is 6.91. The van der Waals surface area contributed by atoms with Crippen molar-refractivity contribution in [2.45, 2.75) is 58.7 Å². The summed E-state index contributed by atoms with van der Waals surface area (Å²) < 4.78 is 0. The smallest absolute Gasteiger partial charge is 0.0787 e. The molecule has 0 aliphatic rings. The number of rotatable bonds is 6. The Morgan fingerprint density at radius 1 is 0.552 bits per heavy atom. The van der Waals surface area contributed by atoms with Crippen molar-refractivity contribution in [3.63, 3.8) is 0 Å². The molecule has 2 heteroatoms. The van der Waals surface area contributed by atoms with Crippen LogP contribution in [0.4, 0.5) is 0 Å². The van der Waals surface area contributed by atoms with Gasteiger partial charge in [-0.15, -0.1) is 0 Å². The minimum absolute atomic E-state index is 0.291. The van der Waals surface area contributed by atoms with Crippen LogP contribution in [0.1, 0.15) is 68.9 Å². The molecule has 2 unspecified atom stereocenters. The molecule has 0 spiro atoms. The Kier molecular flexibility index (Phi) is 13.2. The molecule has 2 atom stereocenters. The molecule has 0 heterocycles. The van der Waals surface area contributed by atoms with E-state index in [0.29, 0.717) is 0 Å². The van der Waals surface area contributed by atoms with Crippen LogP contribution in [0.2, 0.25) is 0 Å². The van der Waals surface area contributed by atoms with E-state index in [1.807, 2.05) is 74.5 Å². The van der Waals surface area contributed by atoms with Crippen LogP contribution >= 0.6 is 0 Å². The zero-order valence-corrected chi connectivity index (χ0v) is 18.0. The third-order valence-electron chi connectivity index (χ3n) is 4.52. The molecular weight excluding hydrogens is 356 g/mol.